The van der Waals surface area contributed by atoms with Gasteiger partial charge in [0, 0.05) is 17.3 Å². The Kier molecular flexibility index (Phi) is 3.50. The van der Waals surface area contributed by atoms with Gasteiger partial charge in [0.2, 0.25) is 0 Å². The quantitative estimate of drug-likeness (QED) is 0.892. The summed E-state index contributed by atoms with van der Waals surface area (Å²) in [4.78, 5) is 12.8. The number of H-pyrrole nitrogens is 1. The maximum absolute atomic E-state index is 12.6. The first-order valence-corrected chi connectivity index (χ1v) is 5.77. The normalized spacial score (nSPS) is 11.9. The van der Waals surface area contributed by atoms with Crippen molar-refractivity contribution in [3.05, 3.63) is 35.5 Å². The molecule has 0 fully saturated rings. The molecule has 1 heterocycles. The number of carboxylic acid groups (broad SMARTS) is 1. The van der Waals surface area contributed by atoms with Crippen LogP contribution in [0.5, 0.6) is 0 Å². The highest BCUT2D eigenvalue weighted by Crippen LogP contribution is 2.32. The van der Waals surface area contributed by atoms with E-state index in [0.29, 0.717) is 23.7 Å². The predicted molar refractivity (Wildman–Crippen MR) is 63.9 cm³/mol. The van der Waals surface area contributed by atoms with Crippen molar-refractivity contribution in [1.29, 1.82) is 0 Å². The van der Waals surface area contributed by atoms with Gasteiger partial charge in [0.25, 0.3) is 0 Å². The van der Waals surface area contributed by atoms with E-state index in [-0.39, 0.29) is 6.42 Å². The fourth-order valence-electron chi connectivity index (χ4n) is 2.02. The summed E-state index contributed by atoms with van der Waals surface area (Å²) in [6, 6.07) is 6.03. The van der Waals surface area contributed by atoms with Gasteiger partial charge in [-0.15, -0.1) is 0 Å². The molecule has 2 N–H and O–H groups in total. The molecule has 1 aromatic carbocycles. The Labute approximate surface area is 107 Å². The Bertz CT molecular complexity index is 601. The maximum Gasteiger partial charge on any atom is 0.431 e. The van der Waals surface area contributed by atoms with E-state index in [1.165, 1.54) is 0 Å². The van der Waals surface area contributed by atoms with E-state index in [1.807, 2.05) is 0 Å². The Balaban J connectivity index is 2.29. The monoisotopic (exact) mass is 271 g/mol. The summed E-state index contributed by atoms with van der Waals surface area (Å²) < 4.78 is 37.8. The van der Waals surface area contributed by atoms with Crippen LogP contribution in [0.3, 0.4) is 0 Å². The van der Waals surface area contributed by atoms with Gasteiger partial charge in [0.1, 0.15) is 5.69 Å². The van der Waals surface area contributed by atoms with Crippen molar-refractivity contribution in [2.45, 2.75) is 25.4 Å². The lowest BCUT2D eigenvalue weighted by atomic mass is 10.0. The Morgan fingerprint density at radius 1 is 1.32 bits per heavy atom. The van der Waals surface area contributed by atoms with Crippen molar-refractivity contribution in [3.8, 4) is 0 Å². The second-order valence-corrected chi connectivity index (χ2v) is 4.31. The molecule has 0 amide bonds. The molecular formula is C13H12F3NO2. The smallest absolute Gasteiger partial charge is 0.431 e. The third-order valence-corrected chi connectivity index (χ3v) is 2.90. The van der Waals surface area contributed by atoms with E-state index in [0.717, 1.165) is 11.6 Å². The molecule has 0 aliphatic rings. The van der Waals surface area contributed by atoms with Crippen LogP contribution in [0.4, 0.5) is 13.2 Å². The van der Waals surface area contributed by atoms with Gasteiger partial charge in [0.05, 0.1) is 0 Å². The predicted octanol–water partition coefficient (Wildman–Crippen LogP) is 3.59. The zero-order valence-corrected chi connectivity index (χ0v) is 9.92. The number of aliphatic carboxylic acids is 1. The molecule has 2 aromatic rings. The number of carboxylic acids is 1. The highest BCUT2D eigenvalue weighted by molar-refractivity contribution is 5.84. The van der Waals surface area contributed by atoms with E-state index < -0.39 is 17.8 Å². The van der Waals surface area contributed by atoms with Gasteiger partial charge in [-0.1, -0.05) is 12.1 Å². The number of aromatic amines is 1. The van der Waals surface area contributed by atoms with Gasteiger partial charge in [-0.25, -0.2) is 0 Å². The second kappa shape index (κ2) is 4.95. The van der Waals surface area contributed by atoms with Gasteiger partial charge < -0.3 is 10.1 Å². The molecule has 0 radical (unpaired) electrons. The summed E-state index contributed by atoms with van der Waals surface area (Å²) in [6.45, 7) is 0. The highest BCUT2D eigenvalue weighted by Gasteiger charge is 2.32. The minimum absolute atomic E-state index is 0.00688. The first kappa shape index (κ1) is 13.5. The number of carbonyl (C=O) groups is 1. The number of aryl methyl sites for hydroxylation is 1. The van der Waals surface area contributed by atoms with Crippen molar-refractivity contribution in [2.75, 3.05) is 0 Å². The zero-order chi connectivity index (χ0) is 14.0. The molecule has 0 aliphatic heterocycles. The lowest BCUT2D eigenvalue weighted by molar-refractivity contribution is -0.140. The lowest BCUT2D eigenvalue weighted by Gasteiger charge is -2.01. The third-order valence-electron chi connectivity index (χ3n) is 2.90. The zero-order valence-electron chi connectivity index (χ0n) is 9.92. The summed E-state index contributed by atoms with van der Waals surface area (Å²) in [5.74, 6) is -0.905. The molecule has 2 rings (SSSR count). The number of alkyl halides is 3. The number of benzene rings is 1. The van der Waals surface area contributed by atoms with Crippen molar-refractivity contribution in [2.24, 2.45) is 0 Å². The summed E-state index contributed by atoms with van der Waals surface area (Å²) >= 11 is 0. The topological polar surface area (TPSA) is 53.1 Å². The van der Waals surface area contributed by atoms with Crippen LogP contribution in [0.25, 0.3) is 10.9 Å². The summed E-state index contributed by atoms with van der Waals surface area (Å²) in [5.41, 5.74) is 0.360. The van der Waals surface area contributed by atoms with Crippen molar-refractivity contribution >= 4 is 16.9 Å². The number of hydrogen-bond donors (Lipinski definition) is 2. The van der Waals surface area contributed by atoms with E-state index in [2.05, 4.69) is 4.98 Å². The van der Waals surface area contributed by atoms with Crippen molar-refractivity contribution in [1.82, 2.24) is 4.98 Å². The molecule has 0 spiro atoms. The summed E-state index contributed by atoms with van der Waals surface area (Å²) in [5, 5.41) is 9.06. The average molecular weight is 271 g/mol. The van der Waals surface area contributed by atoms with Crippen LogP contribution in [0.1, 0.15) is 24.1 Å². The Morgan fingerprint density at radius 3 is 2.68 bits per heavy atom. The highest BCUT2D eigenvalue weighted by atomic mass is 19.4. The first-order chi connectivity index (χ1) is 8.88. The van der Waals surface area contributed by atoms with Crippen LogP contribution < -0.4 is 0 Å². The molecular weight excluding hydrogens is 259 g/mol. The number of hydrogen-bond acceptors (Lipinski definition) is 1. The Morgan fingerprint density at radius 2 is 2.05 bits per heavy atom. The lowest BCUT2D eigenvalue weighted by Crippen LogP contribution is -2.04. The number of aromatic nitrogens is 1. The molecule has 1 aromatic heterocycles. The number of nitrogens with one attached hydrogen (secondary N) is 1. The van der Waals surface area contributed by atoms with Crippen LogP contribution in [0, 0.1) is 0 Å². The van der Waals surface area contributed by atoms with Gasteiger partial charge in [-0.05, 0) is 30.5 Å². The SMILES string of the molecule is O=C(O)CCCc1cccc2[nH]c(C(F)(F)F)cc12. The van der Waals surface area contributed by atoms with E-state index >= 15 is 0 Å². The molecule has 0 saturated heterocycles. The molecule has 0 atom stereocenters. The molecule has 102 valence electrons. The third kappa shape index (κ3) is 3.07. The molecule has 19 heavy (non-hydrogen) atoms. The van der Waals surface area contributed by atoms with Gasteiger partial charge in [-0.2, -0.15) is 13.2 Å². The van der Waals surface area contributed by atoms with E-state index in [9.17, 15) is 18.0 Å². The number of rotatable bonds is 4. The van der Waals surface area contributed by atoms with Crippen LogP contribution in [-0.2, 0) is 17.4 Å². The van der Waals surface area contributed by atoms with Crippen LogP contribution in [0.2, 0.25) is 0 Å². The van der Waals surface area contributed by atoms with Crippen molar-refractivity contribution in [3.63, 3.8) is 0 Å². The number of halogens is 3. The molecule has 0 bridgehead atoms. The van der Waals surface area contributed by atoms with Gasteiger partial charge in [-0.3, -0.25) is 4.79 Å². The van der Waals surface area contributed by atoms with Crippen LogP contribution in [-0.4, -0.2) is 16.1 Å². The van der Waals surface area contributed by atoms with Crippen molar-refractivity contribution < 1.29 is 23.1 Å². The van der Waals surface area contributed by atoms with Crippen LogP contribution in [0.15, 0.2) is 24.3 Å². The second-order valence-electron chi connectivity index (χ2n) is 4.31. The average Bonchev–Trinajstić information content (AvgIpc) is 2.72. The van der Waals surface area contributed by atoms with E-state index in [1.54, 1.807) is 18.2 Å². The minimum Gasteiger partial charge on any atom is -0.481 e. The fraction of sp³-hybridized carbons (Fsp3) is 0.308. The van der Waals surface area contributed by atoms with E-state index in [4.69, 9.17) is 5.11 Å². The summed E-state index contributed by atoms with van der Waals surface area (Å²) in [6.07, 6.45) is -3.55. The van der Waals surface area contributed by atoms with Gasteiger partial charge >= 0.3 is 12.1 Å². The Hall–Kier alpha value is -1.98. The van der Waals surface area contributed by atoms with Gasteiger partial charge in [0.15, 0.2) is 0 Å². The first-order valence-electron chi connectivity index (χ1n) is 5.77. The molecule has 0 unspecified atom stereocenters. The molecule has 3 nitrogen and oxygen atoms in total. The standard InChI is InChI=1S/C13H12F3NO2/c14-13(15,16)11-7-9-8(4-2-6-12(18)19)3-1-5-10(9)17-11/h1,3,5,7,17H,2,4,6H2,(H,18,19). The maximum atomic E-state index is 12.6. The summed E-state index contributed by atoms with van der Waals surface area (Å²) in [7, 11) is 0. The van der Waals surface area contributed by atoms with Crippen LogP contribution >= 0.6 is 0 Å². The fourth-order valence-corrected chi connectivity index (χ4v) is 2.02. The minimum atomic E-state index is -4.41. The molecule has 6 heteroatoms. The molecule has 0 aliphatic carbocycles. The number of fused-ring (bicyclic) bond motifs is 1. The molecule has 0 saturated carbocycles. The largest absolute Gasteiger partial charge is 0.481 e.